The normalized spacial score (nSPS) is 16.0. The van der Waals surface area contributed by atoms with E-state index < -0.39 is 0 Å². The average molecular weight is 322 g/mol. The van der Waals surface area contributed by atoms with Gasteiger partial charge in [-0.05, 0) is 48.4 Å². The van der Waals surface area contributed by atoms with Crippen LogP contribution in [-0.2, 0) is 6.42 Å². The van der Waals surface area contributed by atoms with E-state index in [9.17, 15) is 15.0 Å². The third kappa shape index (κ3) is 3.04. The molecule has 4 heteroatoms. The van der Waals surface area contributed by atoms with E-state index in [1.807, 2.05) is 6.92 Å². The molecule has 0 amide bonds. The Hall–Kier alpha value is -3.01. The number of hydrogen-bond acceptors (Lipinski definition) is 4. The van der Waals surface area contributed by atoms with Crippen molar-refractivity contribution in [3.63, 3.8) is 0 Å². The first-order valence-corrected chi connectivity index (χ1v) is 7.64. The molecule has 0 fully saturated rings. The molecule has 24 heavy (non-hydrogen) atoms. The molecule has 1 aliphatic heterocycles. The molecule has 1 atom stereocenters. The number of aromatic hydroxyl groups is 2. The lowest BCUT2D eigenvalue weighted by Crippen LogP contribution is -2.13. The van der Waals surface area contributed by atoms with Gasteiger partial charge in [-0.1, -0.05) is 24.8 Å². The predicted molar refractivity (Wildman–Crippen MR) is 92.5 cm³/mol. The molecule has 122 valence electrons. The summed E-state index contributed by atoms with van der Waals surface area (Å²) < 4.78 is 5.71. The van der Waals surface area contributed by atoms with Crippen molar-refractivity contribution in [2.45, 2.75) is 19.4 Å². The van der Waals surface area contributed by atoms with E-state index in [1.54, 1.807) is 42.5 Å². The first-order chi connectivity index (χ1) is 11.5. The molecule has 2 N–H and O–H groups in total. The minimum atomic E-state index is -0.290. The van der Waals surface area contributed by atoms with Gasteiger partial charge in [0.2, 0.25) is 0 Å². The van der Waals surface area contributed by atoms with Crippen LogP contribution in [0.4, 0.5) is 0 Å². The first kappa shape index (κ1) is 15.9. The smallest absolute Gasteiger partial charge is 0.189 e. The van der Waals surface area contributed by atoms with Crippen LogP contribution in [-0.4, -0.2) is 22.1 Å². The summed E-state index contributed by atoms with van der Waals surface area (Å²) in [5, 5.41) is 19.7. The SMILES string of the molecule is C=C(C)[C@H]1Cc2c(ccc(C(=O)/C=C/c3ccc(O)cc3)c2O)O1. The van der Waals surface area contributed by atoms with Gasteiger partial charge in [0.15, 0.2) is 5.78 Å². The Labute approximate surface area is 140 Å². The van der Waals surface area contributed by atoms with Crippen molar-refractivity contribution in [1.29, 1.82) is 0 Å². The maximum atomic E-state index is 12.4. The number of ketones is 1. The van der Waals surface area contributed by atoms with Gasteiger partial charge in [0.1, 0.15) is 23.4 Å². The van der Waals surface area contributed by atoms with Crippen LogP contribution < -0.4 is 4.74 Å². The Morgan fingerprint density at radius 3 is 2.58 bits per heavy atom. The van der Waals surface area contributed by atoms with Crippen LogP contribution in [0.3, 0.4) is 0 Å². The summed E-state index contributed by atoms with van der Waals surface area (Å²) in [4.78, 5) is 12.4. The van der Waals surface area contributed by atoms with Gasteiger partial charge in [-0.3, -0.25) is 4.79 Å². The number of phenolic OH excluding ortho intramolecular Hbond substituents is 2. The Balaban J connectivity index is 1.83. The molecule has 1 aliphatic rings. The largest absolute Gasteiger partial charge is 0.508 e. The molecule has 0 aromatic heterocycles. The van der Waals surface area contributed by atoms with Crippen LogP contribution in [0.1, 0.15) is 28.4 Å². The van der Waals surface area contributed by atoms with Crippen LogP contribution in [0.2, 0.25) is 0 Å². The zero-order valence-corrected chi connectivity index (χ0v) is 13.3. The van der Waals surface area contributed by atoms with Gasteiger partial charge in [-0.25, -0.2) is 0 Å². The van der Waals surface area contributed by atoms with Crippen molar-refractivity contribution < 1.29 is 19.7 Å². The second-order valence-corrected chi connectivity index (χ2v) is 5.88. The lowest BCUT2D eigenvalue weighted by atomic mass is 10.00. The van der Waals surface area contributed by atoms with Gasteiger partial charge in [-0.2, -0.15) is 0 Å². The summed E-state index contributed by atoms with van der Waals surface area (Å²) in [7, 11) is 0. The number of carbonyl (C=O) groups is 1. The number of fused-ring (bicyclic) bond motifs is 1. The number of carbonyl (C=O) groups excluding carboxylic acids is 1. The number of rotatable bonds is 4. The van der Waals surface area contributed by atoms with Crippen molar-refractivity contribution in [2.24, 2.45) is 0 Å². The zero-order chi connectivity index (χ0) is 17.3. The van der Waals surface area contributed by atoms with Gasteiger partial charge >= 0.3 is 0 Å². The standard InChI is InChI=1S/C20H18O4/c1-12(2)19-11-16-18(24-19)10-8-15(20(16)23)17(22)9-5-13-3-6-14(21)7-4-13/h3-10,19,21,23H,1,11H2,2H3/b9-5+/t19-/m1/s1. The Bertz CT molecular complexity index is 831. The molecule has 0 radical (unpaired) electrons. The lowest BCUT2D eigenvalue weighted by Gasteiger charge is -2.08. The monoisotopic (exact) mass is 322 g/mol. The predicted octanol–water partition coefficient (Wildman–Crippen LogP) is 3.87. The summed E-state index contributed by atoms with van der Waals surface area (Å²) >= 11 is 0. The van der Waals surface area contributed by atoms with E-state index in [0.717, 1.165) is 11.1 Å². The van der Waals surface area contributed by atoms with Crippen molar-refractivity contribution in [1.82, 2.24) is 0 Å². The molecule has 4 nitrogen and oxygen atoms in total. The van der Waals surface area contributed by atoms with Crippen LogP contribution >= 0.6 is 0 Å². The van der Waals surface area contributed by atoms with Gasteiger partial charge < -0.3 is 14.9 Å². The van der Waals surface area contributed by atoms with Crippen molar-refractivity contribution >= 4 is 11.9 Å². The quantitative estimate of drug-likeness (QED) is 0.509. The molecular weight excluding hydrogens is 304 g/mol. The number of ether oxygens (including phenoxy) is 1. The molecule has 0 saturated heterocycles. The second-order valence-electron chi connectivity index (χ2n) is 5.88. The fraction of sp³-hybridized carbons (Fsp3) is 0.150. The first-order valence-electron chi connectivity index (χ1n) is 7.64. The van der Waals surface area contributed by atoms with E-state index in [1.165, 1.54) is 6.08 Å². The van der Waals surface area contributed by atoms with Crippen LogP contribution in [0.25, 0.3) is 6.08 Å². The minimum Gasteiger partial charge on any atom is -0.508 e. The number of allylic oxidation sites excluding steroid dienone is 1. The van der Waals surface area contributed by atoms with E-state index in [-0.39, 0.29) is 28.9 Å². The van der Waals surface area contributed by atoms with Crippen LogP contribution in [0.15, 0.2) is 54.6 Å². The second kappa shape index (κ2) is 6.24. The average Bonchev–Trinajstić information content (AvgIpc) is 3.00. The lowest BCUT2D eigenvalue weighted by molar-refractivity contribution is 0.104. The fourth-order valence-electron chi connectivity index (χ4n) is 2.63. The summed E-state index contributed by atoms with van der Waals surface area (Å²) in [6.45, 7) is 5.75. The Morgan fingerprint density at radius 1 is 1.21 bits per heavy atom. The third-order valence-electron chi connectivity index (χ3n) is 4.03. The Kier molecular flexibility index (Phi) is 4.13. The summed E-state index contributed by atoms with van der Waals surface area (Å²) in [5.41, 5.74) is 2.56. The zero-order valence-electron chi connectivity index (χ0n) is 13.3. The molecule has 3 rings (SSSR count). The van der Waals surface area contributed by atoms with Gasteiger partial charge in [-0.15, -0.1) is 0 Å². The maximum absolute atomic E-state index is 12.4. The van der Waals surface area contributed by atoms with Gasteiger partial charge in [0.05, 0.1) is 5.56 Å². The molecule has 0 bridgehead atoms. The fourth-order valence-corrected chi connectivity index (χ4v) is 2.63. The number of hydrogen-bond donors (Lipinski definition) is 2. The van der Waals surface area contributed by atoms with E-state index in [4.69, 9.17) is 4.74 Å². The summed E-state index contributed by atoms with van der Waals surface area (Å²) in [6, 6.07) is 9.77. The highest BCUT2D eigenvalue weighted by atomic mass is 16.5. The minimum absolute atomic E-state index is 0.0309. The summed E-state index contributed by atoms with van der Waals surface area (Å²) in [6.07, 6.45) is 3.39. The maximum Gasteiger partial charge on any atom is 0.189 e. The molecule has 2 aromatic rings. The molecule has 0 unspecified atom stereocenters. The molecule has 1 heterocycles. The van der Waals surface area contributed by atoms with Crippen LogP contribution in [0, 0.1) is 0 Å². The van der Waals surface area contributed by atoms with E-state index in [0.29, 0.717) is 17.7 Å². The van der Waals surface area contributed by atoms with Gasteiger partial charge in [0, 0.05) is 12.0 Å². The molecule has 0 saturated carbocycles. The van der Waals surface area contributed by atoms with E-state index in [2.05, 4.69) is 6.58 Å². The highest BCUT2D eigenvalue weighted by Crippen LogP contribution is 2.39. The summed E-state index contributed by atoms with van der Waals surface area (Å²) in [5.74, 6) is 0.445. The number of phenols is 2. The van der Waals surface area contributed by atoms with Crippen LogP contribution in [0.5, 0.6) is 17.2 Å². The highest BCUT2D eigenvalue weighted by Gasteiger charge is 2.28. The highest BCUT2D eigenvalue weighted by molar-refractivity contribution is 6.09. The van der Waals surface area contributed by atoms with Crippen molar-refractivity contribution in [3.8, 4) is 17.2 Å². The Morgan fingerprint density at radius 2 is 1.92 bits per heavy atom. The van der Waals surface area contributed by atoms with Gasteiger partial charge in [0.25, 0.3) is 0 Å². The molecular formula is C20H18O4. The van der Waals surface area contributed by atoms with Crippen molar-refractivity contribution in [3.05, 3.63) is 71.3 Å². The molecule has 0 spiro atoms. The molecule has 0 aliphatic carbocycles. The molecule has 2 aromatic carbocycles. The van der Waals surface area contributed by atoms with E-state index >= 15 is 0 Å². The third-order valence-corrected chi connectivity index (χ3v) is 4.03. The van der Waals surface area contributed by atoms with Crippen molar-refractivity contribution in [2.75, 3.05) is 0 Å². The number of benzene rings is 2. The topological polar surface area (TPSA) is 66.8 Å².